The molecule has 0 saturated carbocycles. The zero-order valence-corrected chi connectivity index (χ0v) is 16.2. The molecule has 0 aromatic carbocycles. The fraction of sp³-hybridized carbons (Fsp3) is 0.882. The first-order valence-corrected chi connectivity index (χ1v) is 8.37. The number of rotatable bonds is 2. The first-order valence-electron chi connectivity index (χ1n) is 8.37. The van der Waals surface area contributed by atoms with Gasteiger partial charge in [-0.05, 0) is 48.5 Å². The van der Waals surface area contributed by atoms with Gasteiger partial charge in [-0.2, -0.15) is 0 Å². The number of carbonyl (C=O) groups is 2. The molecule has 0 N–H and O–H groups in total. The van der Waals surface area contributed by atoms with Gasteiger partial charge in [0.25, 0.3) is 0 Å². The Labute approximate surface area is 148 Å². The lowest BCUT2D eigenvalue weighted by Crippen LogP contribution is -2.56. The molecular weight excluding hydrogens is 330 g/mol. The smallest absolute Gasteiger partial charge is 0.412 e. The average molecular weight is 359 g/mol. The Morgan fingerprint density at radius 2 is 1.72 bits per heavy atom. The summed E-state index contributed by atoms with van der Waals surface area (Å²) >= 11 is 0. The van der Waals surface area contributed by atoms with Gasteiger partial charge in [-0.15, -0.1) is 0 Å². The van der Waals surface area contributed by atoms with E-state index in [1.807, 2.05) is 0 Å². The van der Waals surface area contributed by atoms with Gasteiger partial charge in [-0.3, -0.25) is 4.90 Å². The van der Waals surface area contributed by atoms with Gasteiger partial charge in [0.15, 0.2) is 11.9 Å². The number of amides is 1. The minimum Gasteiger partial charge on any atom is -0.467 e. The van der Waals surface area contributed by atoms with Crippen molar-refractivity contribution in [3.63, 3.8) is 0 Å². The predicted octanol–water partition coefficient (Wildman–Crippen LogP) is 2.05. The van der Waals surface area contributed by atoms with Gasteiger partial charge in [-0.1, -0.05) is 0 Å². The topological polar surface area (TPSA) is 83.5 Å². The van der Waals surface area contributed by atoms with E-state index in [0.717, 1.165) is 0 Å². The standard InChI is InChI=1S/C17H29NO7/c1-15(2,3)25-14(20)18-10(9-22-16(18,4)5)11-12(13(19)21-8)24-17(6,7)23-11/h10-12H,9H2,1-8H3/t10-,11-,12-/m1/s1. The fourth-order valence-corrected chi connectivity index (χ4v) is 3.11. The van der Waals surface area contributed by atoms with Crippen molar-refractivity contribution in [1.82, 2.24) is 4.90 Å². The van der Waals surface area contributed by atoms with Gasteiger partial charge >= 0.3 is 12.1 Å². The van der Waals surface area contributed by atoms with E-state index in [9.17, 15) is 9.59 Å². The summed E-state index contributed by atoms with van der Waals surface area (Å²) in [4.78, 5) is 26.4. The Kier molecular flexibility index (Phi) is 5.11. The van der Waals surface area contributed by atoms with E-state index in [1.54, 1.807) is 48.5 Å². The lowest BCUT2D eigenvalue weighted by Gasteiger charge is -2.37. The van der Waals surface area contributed by atoms with Crippen molar-refractivity contribution in [2.75, 3.05) is 13.7 Å². The molecule has 25 heavy (non-hydrogen) atoms. The van der Waals surface area contributed by atoms with Crippen LogP contribution in [0.25, 0.3) is 0 Å². The highest BCUT2D eigenvalue weighted by molar-refractivity contribution is 5.76. The lowest BCUT2D eigenvalue weighted by molar-refractivity contribution is -0.168. The Bertz CT molecular complexity index is 538. The maximum Gasteiger partial charge on any atom is 0.412 e. The van der Waals surface area contributed by atoms with Crippen molar-refractivity contribution < 1.29 is 33.3 Å². The molecule has 0 bridgehead atoms. The predicted molar refractivity (Wildman–Crippen MR) is 87.7 cm³/mol. The van der Waals surface area contributed by atoms with Crippen LogP contribution >= 0.6 is 0 Å². The summed E-state index contributed by atoms with van der Waals surface area (Å²) in [6.07, 6.45) is -2.21. The number of esters is 1. The molecule has 8 nitrogen and oxygen atoms in total. The molecule has 2 aliphatic heterocycles. The van der Waals surface area contributed by atoms with E-state index >= 15 is 0 Å². The summed E-state index contributed by atoms with van der Waals surface area (Å²) in [6.45, 7) is 12.5. The highest BCUT2D eigenvalue weighted by Gasteiger charge is 2.57. The molecule has 0 spiro atoms. The van der Waals surface area contributed by atoms with Crippen LogP contribution in [0.4, 0.5) is 4.79 Å². The number of carbonyl (C=O) groups excluding carboxylic acids is 2. The van der Waals surface area contributed by atoms with Crippen LogP contribution in [-0.4, -0.2) is 66.0 Å². The van der Waals surface area contributed by atoms with Crippen LogP contribution in [0.3, 0.4) is 0 Å². The van der Waals surface area contributed by atoms with Crippen LogP contribution in [0.1, 0.15) is 48.5 Å². The lowest BCUT2D eigenvalue weighted by atomic mass is 10.0. The highest BCUT2D eigenvalue weighted by Crippen LogP contribution is 2.38. The van der Waals surface area contributed by atoms with Crippen molar-refractivity contribution in [3.8, 4) is 0 Å². The summed E-state index contributed by atoms with van der Waals surface area (Å²) in [6, 6.07) is -0.546. The van der Waals surface area contributed by atoms with E-state index in [0.29, 0.717) is 0 Å². The summed E-state index contributed by atoms with van der Waals surface area (Å²) in [5.74, 6) is -1.53. The Balaban J connectivity index is 2.31. The van der Waals surface area contributed by atoms with E-state index in [2.05, 4.69) is 0 Å². The number of methoxy groups -OCH3 is 1. The highest BCUT2D eigenvalue weighted by atomic mass is 16.8. The average Bonchev–Trinajstić information content (AvgIpc) is 2.91. The molecular formula is C17H29NO7. The second-order valence-electron chi connectivity index (χ2n) is 8.22. The molecule has 0 aromatic rings. The summed E-state index contributed by atoms with van der Waals surface area (Å²) < 4.78 is 27.7. The normalized spacial score (nSPS) is 31.0. The van der Waals surface area contributed by atoms with Gasteiger partial charge in [0.1, 0.15) is 17.4 Å². The molecule has 2 heterocycles. The molecule has 2 saturated heterocycles. The molecule has 0 aliphatic carbocycles. The fourth-order valence-electron chi connectivity index (χ4n) is 3.11. The first-order chi connectivity index (χ1) is 11.3. The largest absolute Gasteiger partial charge is 0.467 e. The summed E-state index contributed by atoms with van der Waals surface area (Å²) in [5.41, 5.74) is -1.56. The van der Waals surface area contributed by atoms with Crippen LogP contribution in [0, 0.1) is 0 Å². The van der Waals surface area contributed by atoms with Crippen LogP contribution in [-0.2, 0) is 28.5 Å². The Morgan fingerprint density at radius 1 is 1.12 bits per heavy atom. The molecule has 144 valence electrons. The molecule has 2 aliphatic rings. The number of hydrogen-bond acceptors (Lipinski definition) is 7. The number of hydrogen-bond donors (Lipinski definition) is 0. The zero-order chi connectivity index (χ0) is 19.2. The summed E-state index contributed by atoms with van der Waals surface area (Å²) in [5, 5.41) is 0. The molecule has 0 aromatic heterocycles. The van der Waals surface area contributed by atoms with Crippen LogP contribution in [0.5, 0.6) is 0 Å². The van der Waals surface area contributed by atoms with Gasteiger partial charge in [-0.25, -0.2) is 9.59 Å². The second kappa shape index (κ2) is 6.41. The van der Waals surface area contributed by atoms with Crippen LogP contribution in [0.15, 0.2) is 0 Å². The molecule has 2 rings (SSSR count). The van der Waals surface area contributed by atoms with E-state index in [4.69, 9.17) is 23.7 Å². The number of ether oxygens (including phenoxy) is 5. The minimum atomic E-state index is -0.976. The van der Waals surface area contributed by atoms with Crippen molar-refractivity contribution in [2.24, 2.45) is 0 Å². The third-order valence-electron chi connectivity index (χ3n) is 4.05. The van der Waals surface area contributed by atoms with E-state index in [-0.39, 0.29) is 6.61 Å². The first kappa shape index (κ1) is 19.9. The molecule has 2 fully saturated rings. The monoisotopic (exact) mass is 359 g/mol. The van der Waals surface area contributed by atoms with Gasteiger partial charge in [0.05, 0.1) is 19.8 Å². The molecule has 8 heteroatoms. The van der Waals surface area contributed by atoms with E-state index in [1.165, 1.54) is 12.0 Å². The maximum absolute atomic E-state index is 12.8. The van der Waals surface area contributed by atoms with Crippen LogP contribution in [0.2, 0.25) is 0 Å². The third-order valence-corrected chi connectivity index (χ3v) is 4.05. The zero-order valence-electron chi connectivity index (χ0n) is 16.2. The molecule has 3 atom stereocenters. The van der Waals surface area contributed by atoms with Crippen molar-refractivity contribution >= 4 is 12.1 Å². The third kappa shape index (κ3) is 4.24. The van der Waals surface area contributed by atoms with Gasteiger partial charge in [0.2, 0.25) is 0 Å². The van der Waals surface area contributed by atoms with Gasteiger partial charge in [0, 0.05) is 0 Å². The maximum atomic E-state index is 12.8. The van der Waals surface area contributed by atoms with Crippen molar-refractivity contribution in [2.45, 2.75) is 83.8 Å². The Hall–Kier alpha value is -1.38. The number of nitrogens with zero attached hydrogens (tertiary/aromatic N) is 1. The Morgan fingerprint density at radius 3 is 2.24 bits per heavy atom. The van der Waals surface area contributed by atoms with Gasteiger partial charge < -0.3 is 23.7 Å². The summed E-state index contributed by atoms with van der Waals surface area (Å²) in [7, 11) is 1.29. The molecule has 0 radical (unpaired) electrons. The quantitative estimate of drug-likeness (QED) is 0.698. The second-order valence-corrected chi connectivity index (χ2v) is 8.22. The molecule has 1 amide bonds. The minimum absolute atomic E-state index is 0.198. The van der Waals surface area contributed by atoms with Crippen molar-refractivity contribution in [1.29, 1.82) is 0 Å². The molecule has 0 unspecified atom stereocenters. The van der Waals surface area contributed by atoms with E-state index < -0.39 is 47.4 Å². The SMILES string of the molecule is COC(=O)[C@@H]1OC(C)(C)O[C@@H]1[C@H]1COC(C)(C)N1C(=O)OC(C)(C)C. The van der Waals surface area contributed by atoms with Crippen molar-refractivity contribution in [3.05, 3.63) is 0 Å². The van der Waals surface area contributed by atoms with Crippen LogP contribution < -0.4 is 0 Å².